The summed E-state index contributed by atoms with van der Waals surface area (Å²) in [6, 6.07) is 15.7. The Balaban J connectivity index is 2.01. The van der Waals surface area contributed by atoms with E-state index in [1.807, 2.05) is 54.7 Å². The molecule has 4 aromatic rings. The Kier molecular flexibility index (Phi) is 2.47. The van der Waals surface area contributed by atoms with Crippen molar-refractivity contribution in [2.24, 2.45) is 0 Å². The average Bonchev–Trinajstić information content (AvgIpc) is 2.92. The molecular formula is C16H10ClN3. The number of aromatic nitrogens is 3. The molecule has 4 rings (SSSR count). The maximum atomic E-state index is 6.04. The summed E-state index contributed by atoms with van der Waals surface area (Å²) in [5.41, 5.74) is 4.73. The lowest BCUT2D eigenvalue weighted by molar-refractivity contribution is 1.21. The second-order valence-electron chi connectivity index (χ2n) is 4.61. The molecule has 0 aliphatic rings. The Hall–Kier alpha value is -2.39. The third-order valence-electron chi connectivity index (χ3n) is 3.31. The average molecular weight is 280 g/mol. The Morgan fingerprint density at radius 2 is 1.90 bits per heavy atom. The highest BCUT2D eigenvalue weighted by Gasteiger charge is 2.07. The number of rotatable bonds is 1. The van der Waals surface area contributed by atoms with Crippen molar-refractivity contribution in [1.29, 1.82) is 0 Å². The number of halogens is 1. The van der Waals surface area contributed by atoms with Gasteiger partial charge in [-0.3, -0.25) is 9.38 Å². The first-order valence-corrected chi connectivity index (χ1v) is 6.68. The van der Waals surface area contributed by atoms with Crippen molar-refractivity contribution in [3.63, 3.8) is 0 Å². The van der Waals surface area contributed by atoms with Crippen molar-refractivity contribution in [1.82, 2.24) is 14.4 Å². The fourth-order valence-corrected chi connectivity index (χ4v) is 2.56. The summed E-state index contributed by atoms with van der Waals surface area (Å²) < 4.78 is 2.05. The number of hydrogen-bond donors (Lipinski definition) is 0. The van der Waals surface area contributed by atoms with E-state index >= 15 is 0 Å². The first-order chi connectivity index (χ1) is 9.81. The van der Waals surface area contributed by atoms with E-state index in [1.54, 1.807) is 6.20 Å². The van der Waals surface area contributed by atoms with E-state index < -0.39 is 0 Å². The molecule has 0 amide bonds. The Bertz CT molecular complexity index is 927. The van der Waals surface area contributed by atoms with Crippen molar-refractivity contribution in [3.05, 3.63) is 65.9 Å². The molecule has 0 bridgehead atoms. The van der Waals surface area contributed by atoms with Crippen molar-refractivity contribution in [2.45, 2.75) is 0 Å². The summed E-state index contributed by atoms with van der Waals surface area (Å²) in [6.45, 7) is 0. The molecule has 3 nitrogen and oxygen atoms in total. The van der Waals surface area contributed by atoms with Gasteiger partial charge in [0.2, 0.25) is 0 Å². The van der Waals surface area contributed by atoms with Crippen LogP contribution in [0.25, 0.3) is 27.9 Å². The van der Waals surface area contributed by atoms with Gasteiger partial charge >= 0.3 is 0 Å². The highest BCUT2D eigenvalue weighted by atomic mass is 35.5. The minimum absolute atomic E-state index is 0.711. The van der Waals surface area contributed by atoms with Gasteiger partial charge in [0.05, 0.1) is 22.9 Å². The third-order valence-corrected chi connectivity index (χ3v) is 3.55. The zero-order chi connectivity index (χ0) is 13.5. The van der Waals surface area contributed by atoms with Crippen LogP contribution in [-0.2, 0) is 0 Å². The van der Waals surface area contributed by atoms with Crippen molar-refractivity contribution in [2.75, 3.05) is 0 Å². The summed E-state index contributed by atoms with van der Waals surface area (Å²) >= 11 is 6.04. The Morgan fingerprint density at radius 1 is 1.00 bits per heavy atom. The zero-order valence-corrected chi connectivity index (χ0v) is 11.2. The predicted molar refractivity (Wildman–Crippen MR) is 80.9 cm³/mol. The summed E-state index contributed by atoms with van der Waals surface area (Å²) in [6.07, 6.45) is 3.81. The molecule has 4 heteroatoms. The fraction of sp³-hybridized carbons (Fsp3) is 0. The summed E-state index contributed by atoms with van der Waals surface area (Å²) in [5.74, 6) is 0. The van der Waals surface area contributed by atoms with Crippen LogP contribution in [0, 0.1) is 0 Å². The highest BCUT2D eigenvalue weighted by molar-refractivity contribution is 6.30. The molecule has 0 unspecified atom stereocenters. The van der Waals surface area contributed by atoms with E-state index in [0.717, 1.165) is 27.9 Å². The quantitative estimate of drug-likeness (QED) is 0.523. The first kappa shape index (κ1) is 11.4. The number of fused-ring (bicyclic) bond motifs is 3. The van der Waals surface area contributed by atoms with Gasteiger partial charge < -0.3 is 0 Å². The third kappa shape index (κ3) is 1.75. The summed E-state index contributed by atoms with van der Waals surface area (Å²) in [5, 5.41) is 0.711. The largest absolute Gasteiger partial charge is 0.296 e. The van der Waals surface area contributed by atoms with Gasteiger partial charge in [-0.15, -0.1) is 0 Å². The maximum absolute atomic E-state index is 6.04. The van der Waals surface area contributed by atoms with E-state index in [4.69, 9.17) is 11.6 Å². The van der Waals surface area contributed by atoms with Gasteiger partial charge in [0.25, 0.3) is 0 Å². The SMILES string of the molecule is Clc1cccc(-c2cn3c(cnc4ccccc43)n2)c1. The summed E-state index contributed by atoms with van der Waals surface area (Å²) in [7, 11) is 0. The number of para-hydroxylation sites is 2. The number of hydrogen-bond acceptors (Lipinski definition) is 2. The van der Waals surface area contributed by atoms with Gasteiger partial charge in [-0.1, -0.05) is 35.9 Å². The molecule has 2 heterocycles. The minimum Gasteiger partial charge on any atom is -0.296 e. The standard InChI is InChI=1S/C16H10ClN3/c17-12-5-3-4-11(8-12)14-10-20-15-7-2-1-6-13(15)18-9-16(20)19-14/h1-10H. The molecule has 96 valence electrons. The van der Waals surface area contributed by atoms with E-state index in [9.17, 15) is 0 Å². The van der Waals surface area contributed by atoms with Crippen LogP contribution in [0.5, 0.6) is 0 Å². The van der Waals surface area contributed by atoms with Crippen LogP contribution in [0.1, 0.15) is 0 Å². The van der Waals surface area contributed by atoms with Crippen LogP contribution >= 0.6 is 11.6 Å². The maximum Gasteiger partial charge on any atom is 0.156 e. The molecule has 0 fully saturated rings. The van der Waals surface area contributed by atoms with E-state index in [1.165, 1.54) is 0 Å². The molecule has 0 spiro atoms. The smallest absolute Gasteiger partial charge is 0.156 e. The molecule has 2 aromatic heterocycles. The van der Waals surface area contributed by atoms with E-state index in [-0.39, 0.29) is 0 Å². The van der Waals surface area contributed by atoms with Gasteiger partial charge in [0, 0.05) is 16.8 Å². The Morgan fingerprint density at radius 3 is 2.80 bits per heavy atom. The van der Waals surface area contributed by atoms with Crippen molar-refractivity contribution in [3.8, 4) is 11.3 Å². The Labute approximate surface area is 120 Å². The molecule has 0 saturated carbocycles. The predicted octanol–water partition coefficient (Wildman–Crippen LogP) is 4.20. The highest BCUT2D eigenvalue weighted by Crippen LogP contribution is 2.24. The van der Waals surface area contributed by atoms with E-state index in [0.29, 0.717) is 5.02 Å². The molecular weight excluding hydrogens is 270 g/mol. The van der Waals surface area contributed by atoms with Crippen LogP contribution in [0.3, 0.4) is 0 Å². The van der Waals surface area contributed by atoms with Gasteiger partial charge in [-0.2, -0.15) is 0 Å². The van der Waals surface area contributed by atoms with Crippen LogP contribution in [-0.4, -0.2) is 14.4 Å². The van der Waals surface area contributed by atoms with Crippen LogP contribution in [0.4, 0.5) is 0 Å². The second kappa shape index (κ2) is 4.32. The monoisotopic (exact) mass is 279 g/mol. The summed E-state index contributed by atoms with van der Waals surface area (Å²) in [4.78, 5) is 9.04. The first-order valence-electron chi connectivity index (χ1n) is 6.30. The zero-order valence-electron chi connectivity index (χ0n) is 10.5. The normalized spacial score (nSPS) is 11.2. The van der Waals surface area contributed by atoms with Gasteiger partial charge in [0.1, 0.15) is 0 Å². The van der Waals surface area contributed by atoms with Crippen molar-refractivity contribution >= 4 is 28.3 Å². The molecule has 0 atom stereocenters. The van der Waals surface area contributed by atoms with Crippen LogP contribution in [0.15, 0.2) is 60.9 Å². The molecule has 0 saturated heterocycles. The lowest BCUT2D eigenvalue weighted by Crippen LogP contribution is -1.88. The lowest BCUT2D eigenvalue weighted by atomic mass is 10.2. The van der Waals surface area contributed by atoms with E-state index in [2.05, 4.69) is 14.4 Å². The molecule has 0 aliphatic heterocycles. The number of imidazole rings is 1. The topological polar surface area (TPSA) is 30.2 Å². The second-order valence-corrected chi connectivity index (χ2v) is 5.05. The number of nitrogens with zero attached hydrogens (tertiary/aromatic N) is 3. The minimum atomic E-state index is 0.711. The molecule has 20 heavy (non-hydrogen) atoms. The lowest BCUT2D eigenvalue weighted by Gasteiger charge is -1.99. The molecule has 2 aromatic carbocycles. The van der Waals surface area contributed by atoms with Gasteiger partial charge in [0.15, 0.2) is 5.65 Å². The fourth-order valence-electron chi connectivity index (χ4n) is 2.37. The van der Waals surface area contributed by atoms with Crippen LogP contribution < -0.4 is 0 Å². The van der Waals surface area contributed by atoms with Crippen molar-refractivity contribution < 1.29 is 0 Å². The molecule has 0 aliphatic carbocycles. The molecule has 0 N–H and O–H groups in total. The van der Waals surface area contributed by atoms with Gasteiger partial charge in [-0.25, -0.2) is 4.98 Å². The molecule has 0 radical (unpaired) electrons. The van der Waals surface area contributed by atoms with Gasteiger partial charge in [-0.05, 0) is 24.3 Å². The van der Waals surface area contributed by atoms with Crippen LogP contribution in [0.2, 0.25) is 5.02 Å². The number of benzene rings is 2.